The molecule has 0 spiro atoms. The van der Waals surface area contributed by atoms with Gasteiger partial charge in [-0.2, -0.15) is 0 Å². The van der Waals surface area contributed by atoms with Gasteiger partial charge in [0.2, 0.25) is 5.88 Å². The van der Waals surface area contributed by atoms with Crippen LogP contribution in [0.4, 0.5) is 0 Å². The molecule has 0 atom stereocenters. The molecule has 0 amide bonds. The van der Waals surface area contributed by atoms with Gasteiger partial charge in [-0.05, 0) is 35.4 Å². The largest absolute Gasteiger partial charge is 0.508 e. The zero-order valence-corrected chi connectivity index (χ0v) is 10.6. The Bertz CT molecular complexity index is 680. The molecule has 3 rings (SSSR count). The topological polar surface area (TPSA) is 55.2 Å². The first-order valence-electron chi connectivity index (χ1n) is 6.14. The van der Waals surface area contributed by atoms with Gasteiger partial charge in [0.05, 0.1) is 6.20 Å². The molecule has 0 aliphatic rings. The van der Waals surface area contributed by atoms with Gasteiger partial charge < -0.3 is 9.84 Å². The first-order chi connectivity index (χ1) is 9.81. The van der Waals surface area contributed by atoms with Crippen molar-refractivity contribution in [2.75, 3.05) is 0 Å². The van der Waals surface area contributed by atoms with Crippen LogP contribution in [-0.4, -0.2) is 15.1 Å². The van der Waals surface area contributed by atoms with E-state index in [1.807, 2.05) is 36.4 Å². The number of phenols is 1. The number of hydrogen-bond acceptors (Lipinski definition) is 4. The predicted octanol–water partition coefficient (Wildman–Crippen LogP) is 3.64. The lowest BCUT2D eigenvalue weighted by molar-refractivity contribution is 0.460. The van der Waals surface area contributed by atoms with E-state index in [1.54, 1.807) is 30.7 Å². The van der Waals surface area contributed by atoms with Crippen molar-refractivity contribution < 1.29 is 9.84 Å². The molecule has 98 valence electrons. The molecule has 4 nitrogen and oxygen atoms in total. The van der Waals surface area contributed by atoms with E-state index in [9.17, 15) is 5.11 Å². The van der Waals surface area contributed by atoms with Crippen molar-refractivity contribution in [1.82, 2.24) is 9.97 Å². The lowest BCUT2D eigenvalue weighted by atomic mass is 10.1. The molecule has 0 radical (unpaired) electrons. The molecule has 20 heavy (non-hydrogen) atoms. The first-order valence-corrected chi connectivity index (χ1v) is 6.14. The molecule has 3 aromatic rings. The van der Waals surface area contributed by atoms with Gasteiger partial charge >= 0.3 is 0 Å². The maximum atomic E-state index is 9.28. The molecule has 1 N–H and O–H groups in total. The van der Waals surface area contributed by atoms with Crippen molar-refractivity contribution in [2.45, 2.75) is 0 Å². The van der Waals surface area contributed by atoms with E-state index < -0.39 is 0 Å². The van der Waals surface area contributed by atoms with Crippen molar-refractivity contribution in [3.05, 3.63) is 67.1 Å². The zero-order chi connectivity index (χ0) is 13.8. The van der Waals surface area contributed by atoms with Crippen LogP contribution < -0.4 is 4.74 Å². The second-order valence-electron chi connectivity index (χ2n) is 4.22. The van der Waals surface area contributed by atoms with Gasteiger partial charge in [-0.3, -0.25) is 4.98 Å². The Morgan fingerprint density at radius 2 is 1.45 bits per heavy atom. The minimum atomic E-state index is 0.261. The molecule has 0 unspecified atom stereocenters. The van der Waals surface area contributed by atoms with Gasteiger partial charge in [0, 0.05) is 12.4 Å². The lowest BCUT2D eigenvalue weighted by Crippen LogP contribution is -1.88. The third-order valence-corrected chi connectivity index (χ3v) is 2.82. The van der Waals surface area contributed by atoms with Crippen molar-refractivity contribution in [1.29, 1.82) is 0 Å². The van der Waals surface area contributed by atoms with Crippen molar-refractivity contribution in [3.8, 4) is 28.5 Å². The van der Waals surface area contributed by atoms with E-state index in [0.717, 1.165) is 11.1 Å². The fourth-order valence-corrected chi connectivity index (χ4v) is 1.83. The summed E-state index contributed by atoms with van der Waals surface area (Å²) >= 11 is 0. The summed E-state index contributed by atoms with van der Waals surface area (Å²) in [5.41, 5.74) is 2.09. The molecule has 0 bridgehead atoms. The summed E-state index contributed by atoms with van der Waals surface area (Å²) in [7, 11) is 0. The average molecular weight is 264 g/mol. The van der Waals surface area contributed by atoms with Gasteiger partial charge in [-0.25, -0.2) is 4.98 Å². The van der Waals surface area contributed by atoms with E-state index in [-0.39, 0.29) is 5.75 Å². The number of nitrogens with zero attached hydrogens (tertiary/aromatic N) is 2. The van der Waals surface area contributed by atoms with Gasteiger partial charge in [-0.1, -0.05) is 24.3 Å². The first kappa shape index (κ1) is 12.2. The summed E-state index contributed by atoms with van der Waals surface area (Å²) < 4.78 is 5.57. The molecule has 0 saturated carbocycles. The fraction of sp³-hybridized carbons (Fsp3) is 0. The van der Waals surface area contributed by atoms with Crippen LogP contribution in [0.1, 0.15) is 0 Å². The minimum absolute atomic E-state index is 0.261. The van der Waals surface area contributed by atoms with Crippen LogP contribution in [0.3, 0.4) is 0 Å². The van der Waals surface area contributed by atoms with Crippen molar-refractivity contribution >= 4 is 0 Å². The highest BCUT2D eigenvalue weighted by Crippen LogP contribution is 2.25. The standard InChI is InChI=1S/C16H12N2O2/c19-14-5-1-12(2-6-14)13-3-7-15(8-4-13)20-16-11-17-9-10-18-16/h1-11,19H. The maximum Gasteiger partial charge on any atom is 0.237 e. The molecule has 0 fully saturated rings. The van der Waals surface area contributed by atoms with Crippen LogP contribution in [0.15, 0.2) is 67.1 Å². The van der Waals surface area contributed by atoms with Crippen LogP contribution in [0.5, 0.6) is 17.4 Å². The summed E-state index contributed by atoms with van der Waals surface area (Å²) in [6.07, 6.45) is 4.74. The van der Waals surface area contributed by atoms with E-state index in [2.05, 4.69) is 9.97 Å². The Morgan fingerprint density at radius 1 is 0.800 bits per heavy atom. The monoisotopic (exact) mass is 264 g/mol. The Balaban J connectivity index is 1.79. The summed E-state index contributed by atoms with van der Waals surface area (Å²) in [6, 6.07) is 14.7. The lowest BCUT2D eigenvalue weighted by Gasteiger charge is -2.06. The zero-order valence-electron chi connectivity index (χ0n) is 10.6. The fourth-order valence-electron chi connectivity index (χ4n) is 1.83. The van der Waals surface area contributed by atoms with Crippen LogP contribution in [0.2, 0.25) is 0 Å². The normalized spacial score (nSPS) is 10.2. The Morgan fingerprint density at radius 3 is 2.05 bits per heavy atom. The molecule has 0 aliphatic heterocycles. The van der Waals surface area contributed by atoms with Crippen LogP contribution in [-0.2, 0) is 0 Å². The highest BCUT2D eigenvalue weighted by Gasteiger charge is 2.01. The number of ether oxygens (including phenoxy) is 1. The number of rotatable bonds is 3. The second kappa shape index (κ2) is 5.40. The second-order valence-corrected chi connectivity index (χ2v) is 4.22. The van der Waals surface area contributed by atoms with Gasteiger partial charge in [0.1, 0.15) is 11.5 Å². The highest BCUT2D eigenvalue weighted by atomic mass is 16.5. The Hall–Kier alpha value is -2.88. The van der Waals surface area contributed by atoms with Crippen LogP contribution >= 0.6 is 0 Å². The van der Waals surface area contributed by atoms with E-state index in [0.29, 0.717) is 11.6 Å². The summed E-state index contributed by atoms with van der Waals surface area (Å²) in [6.45, 7) is 0. The number of phenolic OH excluding ortho intramolecular Hbond substituents is 1. The Kier molecular flexibility index (Phi) is 3.29. The molecule has 1 aromatic heterocycles. The van der Waals surface area contributed by atoms with Gasteiger partial charge in [0.15, 0.2) is 0 Å². The predicted molar refractivity (Wildman–Crippen MR) is 75.6 cm³/mol. The third-order valence-electron chi connectivity index (χ3n) is 2.82. The molecule has 1 heterocycles. The number of hydrogen-bond donors (Lipinski definition) is 1. The average Bonchev–Trinajstić information content (AvgIpc) is 2.50. The smallest absolute Gasteiger partial charge is 0.237 e. The van der Waals surface area contributed by atoms with Crippen molar-refractivity contribution in [3.63, 3.8) is 0 Å². The number of aromatic nitrogens is 2. The van der Waals surface area contributed by atoms with Gasteiger partial charge in [0.25, 0.3) is 0 Å². The van der Waals surface area contributed by atoms with E-state index >= 15 is 0 Å². The number of benzene rings is 2. The number of aromatic hydroxyl groups is 1. The van der Waals surface area contributed by atoms with Crippen LogP contribution in [0, 0.1) is 0 Å². The SMILES string of the molecule is Oc1ccc(-c2ccc(Oc3cnccn3)cc2)cc1. The molecular formula is C16H12N2O2. The molecule has 4 heteroatoms. The van der Waals surface area contributed by atoms with Gasteiger partial charge in [-0.15, -0.1) is 0 Å². The third kappa shape index (κ3) is 2.75. The molecule has 0 aliphatic carbocycles. The quantitative estimate of drug-likeness (QED) is 0.784. The summed E-state index contributed by atoms with van der Waals surface area (Å²) in [5.74, 6) is 1.43. The molecule has 0 saturated heterocycles. The summed E-state index contributed by atoms with van der Waals surface area (Å²) in [5, 5.41) is 9.28. The molecular weight excluding hydrogens is 252 g/mol. The van der Waals surface area contributed by atoms with Crippen LogP contribution in [0.25, 0.3) is 11.1 Å². The molecule has 2 aromatic carbocycles. The highest BCUT2D eigenvalue weighted by molar-refractivity contribution is 5.64. The summed E-state index contributed by atoms with van der Waals surface area (Å²) in [4.78, 5) is 7.99. The minimum Gasteiger partial charge on any atom is -0.508 e. The Labute approximate surface area is 116 Å². The maximum absolute atomic E-state index is 9.28. The van der Waals surface area contributed by atoms with Crippen molar-refractivity contribution in [2.24, 2.45) is 0 Å². The van der Waals surface area contributed by atoms with E-state index in [1.165, 1.54) is 0 Å². The van der Waals surface area contributed by atoms with E-state index in [4.69, 9.17) is 4.74 Å².